The Morgan fingerprint density at radius 3 is 2.32 bits per heavy atom. The van der Waals surface area contributed by atoms with Gasteiger partial charge < -0.3 is 20.5 Å². The topological polar surface area (TPSA) is 135 Å². The van der Waals surface area contributed by atoms with Gasteiger partial charge in [0.15, 0.2) is 0 Å². The highest BCUT2D eigenvalue weighted by atomic mass is 16.5. The third-order valence-corrected chi connectivity index (χ3v) is 5.68. The maximum absolute atomic E-state index is 12.6. The number of amides is 2. The lowest BCUT2D eigenvalue weighted by Crippen LogP contribution is -2.48. The average Bonchev–Trinajstić information content (AvgIpc) is 3.43. The molecule has 3 aromatic rings. The number of nitrogens with one attached hydrogen (secondary N) is 2. The number of carboxylic acids is 1. The van der Waals surface area contributed by atoms with Crippen molar-refractivity contribution in [1.29, 1.82) is 0 Å². The molecule has 2 aromatic carbocycles. The number of nitrogens with zero attached hydrogens (tertiary/aromatic N) is 3. The van der Waals surface area contributed by atoms with E-state index in [-0.39, 0.29) is 19.1 Å². The third kappa shape index (κ3) is 5.06. The molecule has 0 spiro atoms. The van der Waals surface area contributed by atoms with Crippen LogP contribution in [0.2, 0.25) is 0 Å². The number of hydrogen-bond acceptors (Lipinski definition) is 6. The molecule has 0 saturated heterocycles. The van der Waals surface area contributed by atoms with E-state index in [0.717, 1.165) is 22.3 Å². The van der Waals surface area contributed by atoms with Gasteiger partial charge >= 0.3 is 12.1 Å². The van der Waals surface area contributed by atoms with E-state index in [9.17, 15) is 19.5 Å². The van der Waals surface area contributed by atoms with Gasteiger partial charge in [0, 0.05) is 12.5 Å². The first-order valence-corrected chi connectivity index (χ1v) is 11.0. The van der Waals surface area contributed by atoms with Gasteiger partial charge in [0.1, 0.15) is 18.3 Å². The number of aliphatic carboxylic acids is 1. The van der Waals surface area contributed by atoms with Crippen LogP contribution in [-0.4, -0.2) is 50.7 Å². The number of alkyl carbamates (subject to hydrolysis) is 1. The molecule has 34 heavy (non-hydrogen) atoms. The summed E-state index contributed by atoms with van der Waals surface area (Å²) in [5.74, 6) is -2.02. The van der Waals surface area contributed by atoms with Gasteiger partial charge in [-0.25, -0.2) is 4.79 Å². The number of aryl methyl sites for hydroxylation is 1. The van der Waals surface area contributed by atoms with Crippen LogP contribution in [0.3, 0.4) is 0 Å². The number of carboxylic acid groups (broad SMARTS) is 1. The van der Waals surface area contributed by atoms with Gasteiger partial charge in [-0.15, -0.1) is 5.10 Å². The molecule has 3 N–H and O–H groups in total. The maximum atomic E-state index is 12.6. The Morgan fingerprint density at radius 1 is 1.09 bits per heavy atom. The van der Waals surface area contributed by atoms with Crippen LogP contribution >= 0.6 is 0 Å². The molecule has 1 atom stereocenters. The third-order valence-electron chi connectivity index (χ3n) is 5.68. The quantitative estimate of drug-likeness (QED) is 0.443. The van der Waals surface area contributed by atoms with Gasteiger partial charge in [0.2, 0.25) is 5.91 Å². The predicted molar refractivity (Wildman–Crippen MR) is 122 cm³/mol. The molecule has 0 radical (unpaired) electrons. The fourth-order valence-electron chi connectivity index (χ4n) is 4.04. The lowest BCUT2D eigenvalue weighted by atomic mass is 9.98. The summed E-state index contributed by atoms with van der Waals surface area (Å²) in [4.78, 5) is 36.3. The number of carbonyl (C=O) groups excluding carboxylic acids is 2. The molecular weight excluding hydrogens is 438 g/mol. The van der Waals surface area contributed by atoms with Crippen molar-refractivity contribution in [2.75, 3.05) is 6.61 Å². The number of fused-ring (bicyclic) bond motifs is 3. The summed E-state index contributed by atoms with van der Waals surface area (Å²) >= 11 is 0. The van der Waals surface area contributed by atoms with Crippen LogP contribution in [0.25, 0.3) is 11.1 Å². The van der Waals surface area contributed by atoms with E-state index < -0.39 is 30.4 Å². The highest BCUT2D eigenvalue weighted by Crippen LogP contribution is 2.44. The van der Waals surface area contributed by atoms with E-state index >= 15 is 0 Å². The summed E-state index contributed by atoms with van der Waals surface area (Å²) in [5, 5.41) is 21.9. The molecule has 1 aromatic heterocycles. The SMILES string of the molecule is CCn1cc(CNC(=O)C(CC(=O)O)NC(=O)OCC2c3ccccc3-c3ccccc32)nn1. The summed E-state index contributed by atoms with van der Waals surface area (Å²) in [6, 6.07) is 14.5. The van der Waals surface area contributed by atoms with Crippen LogP contribution < -0.4 is 10.6 Å². The van der Waals surface area contributed by atoms with Gasteiger partial charge in [-0.05, 0) is 29.2 Å². The summed E-state index contributed by atoms with van der Waals surface area (Å²) in [6.45, 7) is 2.65. The lowest BCUT2D eigenvalue weighted by Gasteiger charge is -2.18. The Morgan fingerprint density at radius 2 is 1.74 bits per heavy atom. The normalized spacial score (nSPS) is 13.0. The van der Waals surface area contributed by atoms with Gasteiger partial charge in [-0.2, -0.15) is 0 Å². The van der Waals surface area contributed by atoms with E-state index in [2.05, 4.69) is 20.9 Å². The van der Waals surface area contributed by atoms with E-state index in [1.807, 2.05) is 55.5 Å². The summed E-state index contributed by atoms with van der Waals surface area (Å²) in [5.41, 5.74) is 4.81. The van der Waals surface area contributed by atoms with Crippen LogP contribution in [0.5, 0.6) is 0 Å². The molecule has 4 rings (SSSR count). The molecule has 1 heterocycles. The van der Waals surface area contributed by atoms with Crippen molar-refractivity contribution in [2.45, 2.75) is 38.4 Å². The zero-order valence-corrected chi connectivity index (χ0v) is 18.6. The maximum Gasteiger partial charge on any atom is 0.407 e. The van der Waals surface area contributed by atoms with Gasteiger partial charge in [-0.1, -0.05) is 53.7 Å². The first-order valence-electron chi connectivity index (χ1n) is 11.0. The largest absolute Gasteiger partial charge is 0.481 e. The highest BCUT2D eigenvalue weighted by molar-refractivity contribution is 5.89. The minimum absolute atomic E-state index is 0.0569. The Hall–Kier alpha value is -4.21. The fourth-order valence-corrected chi connectivity index (χ4v) is 4.04. The highest BCUT2D eigenvalue weighted by Gasteiger charge is 2.30. The monoisotopic (exact) mass is 463 g/mol. The number of ether oxygens (including phenoxy) is 1. The zero-order valence-electron chi connectivity index (χ0n) is 18.6. The number of aromatic nitrogens is 3. The smallest absolute Gasteiger partial charge is 0.407 e. The number of hydrogen-bond donors (Lipinski definition) is 3. The summed E-state index contributed by atoms with van der Waals surface area (Å²) < 4.78 is 7.04. The van der Waals surface area contributed by atoms with Crippen molar-refractivity contribution in [3.05, 3.63) is 71.5 Å². The van der Waals surface area contributed by atoms with Gasteiger partial charge in [-0.3, -0.25) is 14.3 Å². The van der Waals surface area contributed by atoms with Crippen molar-refractivity contribution in [2.24, 2.45) is 0 Å². The van der Waals surface area contributed by atoms with Gasteiger partial charge in [0.05, 0.1) is 19.2 Å². The first kappa shape index (κ1) is 23.0. The Labute approximate surface area is 195 Å². The minimum atomic E-state index is -1.30. The summed E-state index contributed by atoms with van der Waals surface area (Å²) in [6.07, 6.45) is 0.226. The molecule has 10 nitrogen and oxygen atoms in total. The molecule has 0 fully saturated rings. The van der Waals surface area contributed by atoms with Crippen LogP contribution in [0, 0.1) is 0 Å². The second kappa shape index (κ2) is 10.2. The molecule has 0 bridgehead atoms. The van der Waals surface area contributed by atoms with Crippen molar-refractivity contribution in [3.8, 4) is 11.1 Å². The summed E-state index contributed by atoms with van der Waals surface area (Å²) in [7, 11) is 0. The van der Waals surface area contributed by atoms with Crippen molar-refractivity contribution < 1.29 is 24.2 Å². The Balaban J connectivity index is 1.37. The molecule has 10 heteroatoms. The second-order valence-corrected chi connectivity index (χ2v) is 7.90. The number of carbonyl (C=O) groups is 3. The van der Waals surface area contributed by atoms with Crippen molar-refractivity contribution in [3.63, 3.8) is 0 Å². The number of rotatable bonds is 9. The predicted octanol–water partition coefficient (Wildman–Crippen LogP) is 2.30. The Bertz CT molecular complexity index is 1160. The molecular formula is C24H25N5O5. The number of benzene rings is 2. The second-order valence-electron chi connectivity index (χ2n) is 7.90. The van der Waals surface area contributed by atoms with Crippen LogP contribution in [0.15, 0.2) is 54.7 Å². The van der Waals surface area contributed by atoms with E-state index in [4.69, 9.17) is 4.74 Å². The van der Waals surface area contributed by atoms with Gasteiger partial charge in [0.25, 0.3) is 0 Å². The fraction of sp³-hybridized carbons (Fsp3) is 0.292. The standard InChI is InChI=1S/C24H25N5O5/c1-2-29-13-15(27-28-29)12-25-23(32)21(11-22(30)31)26-24(33)34-14-20-18-9-5-3-7-16(18)17-8-4-6-10-19(17)20/h3-10,13,20-21H,2,11-12,14H2,1H3,(H,25,32)(H,26,33)(H,30,31). The molecule has 1 aliphatic carbocycles. The average molecular weight is 463 g/mol. The van der Waals surface area contributed by atoms with Crippen LogP contribution in [0.1, 0.15) is 36.1 Å². The Kier molecular flexibility index (Phi) is 6.86. The zero-order chi connectivity index (χ0) is 24.1. The molecule has 1 aliphatic rings. The molecule has 1 unspecified atom stereocenters. The molecule has 2 amide bonds. The van der Waals surface area contributed by atoms with E-state index in [1.54, 1.807) is 10.9 Å². The van der Waals surface area contributed by atoms with E-state index in [1.165, 1.54) is 0 Å². The molecule has 176 valence electrons. The van der Waals surface area contributed by atoms with Crippen LogP contribution in [0.4, 0.5) is 4.79 Å². The van der Waals surface area contributed by atoms with E-state index in [0.29, 0.717) is 12.2 Å². The lowest BCUT2D eigenvalue weighted by molar-refractivity contribution is -0.139. The van der Waals surface area contributed by atoms with Crippen molar-refractivity contribution in [1.82, 2.24) is 25.6 Å². The molecule has 0 saturated carbocycles. The minimum Gasteiger partial charge on any atom is -0.481 e. The van der Waals surface area contributed by atoms with Crippen molar-refractivity contribution >= 4 is 18.0 Å². The molecule has 0 aliphatic heterocycles. The first-order chi connectivity index (χ1) is 16.5. The van der Waals surface area contributed by atoms with Crippen LogP contribution in [-0.2, 0) is 27.4 Å².